The van der Waals surface area contributed by atoms with Crippen LogP contribution < -0.4 is 5.32 Å². The van der Waals surface area contributed by atoms with Crippen LogP contribution in [0.4, 0.5) is 4.39 Å². The molecule has 1 aliphatic rings. The predicted molar refractivity (Wildman–Crippen MR) is 87.0 cm³/mol. The molecule has 0 radical (unpaired) electrons. The number of hydrogen-bond donors (Lipinski definition) is 1. The van der Waals surface area contributed by atoms with Gasteiger partial charge in [0, 0.05) is 24.7 Å². The van der Waals surface area contributed by atoms with Gasteiger partial charge >= 0.3 is 0 Å². The molecule has 1 N–H and O–H groups in total. The number of carbonyl (C=O) groups excluding carboxylic acids is 2. The topological polar surface area (TPSA) is 62.3 Å². The fourth-order valence-corrected chi connectivity index (χ4v) is 3.05. The number of benzene rings is 1. The minimum absolute atomic E-state index is 0.0875. The summed E-state index contributed by atoms with van der Waals surface area (Å²) in [7, 11) is 1.68. The lowest BCUT2D eigenvalue weighted by Crippen LogP contribution is -2.39. The number of amides is 2. The smallest absolute Gasteiger partial charge is 0.254 e. The first-order valence-electron chi connectivity index (χ1n) is 7.39. The Hall–Kier alpha value is -2.47. The van der Waals surface area contributed by atoms with Crippen LogP contribution in [0.3, 0.4) is 0 Å². The summed E-state index contributed by atoms with van der Waals surface area (Å²) < 4.78 is 13.7. The molecule has 1 aliphatic heterocycles. The number of likely N-dealkylation sites (N-methyl/N-ethyl adjacent to an activating group) is 1. The summed E-state index contributed by atoms with van der Waals surface area (Å²) in [6.07, 6.45) is 2.49. The summed E-state index contributed by atoms with van der Waals surface area (Å²) in [6.45, 7) is 0. The van der Waals surface area contributed by atoms with Gasteiger partial charge in [-0.05, 0) is 23.8 Å². The molecule has 7 heteroatoms. The zero-order valence-corrected chi connectivity index (χ0v) is 13.6. The maximum absolute atomic E-state index is 13.7. The van der Waals surface area contributed by atoms with Crippen LogP contribution in [-0.4, -0.2) is 34.8 Å². The van der Waals surface area contributed by atoms with Crippen LogP contribution in [-0.2, 0) is 4.79 Å². The summed E-state index contributed by atoms with van der Waals surface area (Å²) in [5.41, 5.74) is 0.759. The fraction of sp³-hybridized carbons (Fsp3) is 0.235. The maximum atomic E-state index is 13.7. The van der Waals surface area contributed by atoms with E-state index in [4.69, 9.17) is 11.6 Å². The van der Waals surface area contributed by atoms with Crippen molar-refractivity contribution in [3.05, 3.63) is 64.7 Å². The number of carbonyl (C=O) groups is 2. The van der Waals surface area contributed by atoms with Crippen molar-refractivity contribution in [1.29, 1.82) is 0 Å². The van der Waals surface area contributed by atoms with Gasteiger partial charge in [-0.2, -0.15) is 0 Å². The van der Waals surface area contributed by atoms with Crippen molar-refractivity contribution in [3.63, 3.8) is 0 Å². The highest BCUT2D eigenvalue weighted by Crippen LogP contribution is 2.32. The number of halogens is 2. The van der Waals surface area contributed by atoms with Gasteiger partial charge in [-0.3, -0.25) is 14.6 Å². The normalized spacial score (nSPS) is 20.3. The molecule has 2 aromatic rings. The average molecular weight is 348 g/mol. The highest BCUT2D eigenvalue weighted by Gasteiger charge is 2.39. The second kappa shape index (κ2) is 6.57. The standard InChI is InChI=1S/C17H15ClFN3O2/c1-22-15(23)8-14(16(22)10-2-4-11(18)5-3-10)21-17(24)12-6-7-20-9-13(12)19/h2-7,9,14,16H,8H2,1H3,(H,21,24)/t14-,16-/m0/s1. The number of nitrogens with zero attached hydrogens (tertiary/aromatic N) is 2. The van der Waals surface area contributed by atoms with Gasteiger partial charge in [-0.15, -0.1) is 0 Å². The Morgan fingerprint density at radius 2 is 2.04 bits per heavy atom. The van der Waals surface area contributed by atoms with Crippen molar-refractivity contribution in [2.24, 2.45) is 0 Å². The Balaban J connectivity index is 1.85. The Morgan fingerprint density at radius 3 is 2.71 bits per heavy atom. The number of pyridine rings is 1. The second-order valence-corrected chi connectivity index (χ2v) is 6.08. The van der Waals surface area contributed by atoms with Crippen LogP contribution in [0.1, 0.15) is 28.4 Å². The zero-order valence-electron chi connectivity index (χ0n) is 12.9. The molecule has 2 atom stereocenters. The van der Waals surface area contributed by atoms with Gasteiger partial charge in [0.15, 0.2) is 5.82 Å². The molecular weight excluding hydrogens is 333 g/mol. The summed E-state index contributed by atoms with van der Waals surface area (Å²) in [5.74, 6) is -1.35. The lowest BCUT2D eigenvalue weighted by atomic mass is 10.00. The van der Waals surface area contributed by atoms with Crippen LogP contribution in [0.25, 0.3) is 0 Å². The highest BCUT2D eigenvalue weighted by atomic mass is 35.5. The van der Waals surface area contributed by atoms with Crippen molar-refractivity contribution in [2.75, 3.05) is 7.05 Å². The Labute approximate surface area is 143 Å². The molecule has 5 nitrogen and oxygen atoms in total. The number of likely N-dealkylation sites (tertiary alicyclic amines) is 1. The van der Waals surface area contributed by atoms with Crippen LogP contribution in [0.5, 0.6) is 0 Å². The minimum atomic E-state index is -0.698. The molecule has 0 saturated carbocycles. The van der Waals surface area contributed by atoms with Gasteiger partial charge in [0.1, 0.15) is 0 Å². The average Bonchev–Trinajstić information content (AvgIpc) is 2.83. The first kappa shape index (κ1) is 16.4. The van der Waals surface area contributed by atoms with Gasteiger partial charge < -0.3 is 10.2 Å². The van der Waals surface area contributed by atoms with E-state index in [9.17, 15) is 14.0 Å². The molecular formula is C17H15ClFN3O2. The summed E-state index contributed by atoms with van der Waals surface area (Å²) >= 11 is 5.90. The molecule has 3 rings (SSSR count). The molecule has 0 bridgehead atoms. The highest BCUT2D eigenvalue weighted by molar-refractivity contribution is 6.30. The van der Waals surface area contributed by atoms with E-state index in [0.29, 0.717) is 5.02 Å². The van der Waals surface area contributed by atoms with Crippen LogP contribution in [0.2, 0.25) is 5.02 Å². The van der Waals surface area contributed by atoms with Crippen molar-refractivity contribution < 1.29 is 14.0 Å². The molecule has 124 valence electrons. The van der Waals surface area contributed by atoms with Crippen molar-refractivity contribution in [2.45, 2.75) is 18.5 Å². The summed E-state index contributed by atoms with van der Waals surface area (Å²) in [5, 5.41) is 3.35. The lowest BCUT2D eigenvalue weighted by Gasteiger charge is -2.26. The largest absolute Gasteiger partial charge is 0.346 e. The number of aromatic nitrogens is 1. The van der Waals surface area contributed by atoms with E-state index in [0.717, 1.165) is 11.8 Å². The Bertz CT molecular complexity index is 782. The fourth-order valence-electron chi connectivity index (χ4n) is 2.92. The molecule has 1 saturated heterocycles. The number of rotatable bonds is 3. The van der Waals surface area contributed by atoms with E-state index in [1.807, 2.05) is 12.1 Å². The van der Waals surface area contributed by atoms with Crippen molar-refractivity contribution in [1.82, 2.24) is 15.2 Å². The molecule has 1 aromatic heterocycles. The van der Waals surface area contributed by atoms with E-state index in [1.54, 1.807) is 24.1 Å². The Morgan fingerprint density at radius 1 is 1.33 bits per heavy atom. The van der Waals surface area contributed by atoms with Gasteiger partial charge in [-0.1, -0.05) is 23.7 Å². The molecule has 0 unspecified atom stereocenters. The molecule has 0 spiro atoms. The molecule has 2 heterocycles. The third-order valence-corrected chi connectivity index (χ3v) is 4.38. The Kier molecular flexibility index (Phi) is 4.49. The molecule has 2 amide bonds. The van der Waals surface area contributed by atoms with E-state index in [-0.39, 0.29) is 23.9 Å². The quantitative estimate of drug-likeness (QED) is 0.928. The first-order chi connectivity index (χ1) is 11.5. The van der Waals surface area contributed by atoms with E-state index in [2.05, 4.69) is 10.3 Å². The first-order valence-corrected chi connectivity index (χ1v) is 7.76. The summed E-state index contributed by atoms with van der Waals surface area (Å²) in [4.78, 5) is 29.6. The summed E-state index contributed by atoms with van der Waals surface area (Å²) in [6, 6.07) is 7.61. The predicted octanol–water partition coefficient (Wildman–Crippen LogP) is 2.58. The van der Waals surface area contributed by atoms with E-state index >= 15 is 0 Å². The minimum Gasteiger partial charge on any atom is -0.346 e. The lowest BCUT2D eigenvalue weighted by molar-refractivity contribution is -0.127. The van der Waals surface area contributed by atoms with E-state index < -0.39 is 17.8 Å². The van der Waals surface area contributed by atoms with E-state index in [1.165, 1.54) is 12.3 Å². The third-order valence-electron chi connectivity index (χ3n) is 4.13. The number of nitrogens with one attached hydrogen (secondary N) is 1. The molecule has 0 aliphatic carbocycles. The van der Waals surface area contributed by atoms with Gasteiger partial charge in [0.25, 0.3) is 5.91 Å². The van der Waals surface area contributed by atoms with Gasteiger partial charge in [0.05, 0.1) is 23.8 Å². The monoisotopic (exact) mass is 347 g/mol. The molecule has 24 heavy (non-hydrogen) atoms. The van der Waals surface area contributed by atoms with Crippen LogP contribution in [0.15, 0.2) is 42.7 Å². The van der Waals surface area contributed by atoms with Crippen LogP contribution >= 0.6 is 11.6 Å². The SMILES string of the molecule is CN1C(=O)C[C@H](NC(=O)c2ccncc2F)[C@@H]1c1ccc(Cl)cc1. The van der Waals surface area contributed by atoms with Crippen LogP contribution in [0, 0.1) is 5.82 Å². The molecule has 1 aromatic carbocycles. The third kappa shape index (κ3) is 3.10. The van der Waals surface area contributed by atoms with Crippen molar-refractivity contribution in [3.8, 4) is 0 Å². The van der Waals surface area contributed by atoms with Crippen molar-refractivity contribution >= 4 is 23.4 Å². The zero-order chi connectivity index (χ0) is 17.3. The maximum Gasteiger partial charge on any atom is 0.254 e. The second-order valence-electron chi connectivity index (χ2n) is 5.64. The molecule has 1 fully saturated rings. The van der Waals surface area contributed by atoms with Gasteiger partial charge in [0.2, 0.25) is 5.91 Å². The van der Waals surface area contributed by atoms with Gasteiger partial charge in [-0.25, -0.2) is 4.39 Å². The number of hydrogen-bond acceptors (Lipinski definition) is 3.